The minimum Gasteiger partial charge on any atom is -0.409 e. The van der Waals surface area contributed by atoms with Crippen molar-refractivity contribution in [2.45, 2.75) is 52.5 Å². The molecule has 1 aliphatic rings. The normalized spacial score (nSPS) is 15.4. The van der Waals surface area contributed by atoms with Crippen LogP contribution < -0.4 is 10.6 Å². The summed E-state index contributed by atoms with van der Waals surface area (Å²) in [6.45, 7) is 7.10. The number of aromatic nitrogens is 1. The number of nitrogens with zero attached hydrogens (tertiary/aromatic N) is 3. The van der Waals surface area contributed by atoms with Crippen LogP contribution in [0, 0.1) is 13.8 Å². The first-order valence-corrected chi connectivity index (χ1v) is 7.31. The molecule has 0 saturated heterocycles. The number of rotatable bonds is 6. The molecule has 0 spiro atoms. The summed E-state index contributed by atoms with van der Waals surface area (Å²) >= 11 is 0. The van der Waals surface area contributed by atoms with Crippen molar-refractivity contribution < 1.29 is 5.21 Å². The number of anilines is 1. The lowest BCUT2D eigenvalue weighted by Gasteiger charge is -2.27. The van der Waals surface area contributed by atoms with Crippen LogP contribution in [0.15, 0.2) is 11.2 Å². The van der Waals surface area contributed by atoms with Crippen LogP contribution in [0.25, 0.3) is 0 Å². The van der Waals surface area contributed by atoms with E-state index in [9.17, 15) is 0 Å². The molecule has 5 heteroatoms. The van der Waals surface area contributed by atoms with E-state index in [1.807, 2.05) is 19.9 Å². The molecule has 0 radical (unpaired) electrons. The van der Waals surface area contributed by atoms with Crippen molar-refractivity contribution in [3.05, 3.63) is 23.0 Å². The lowest BCUT2D eigenvalue weighted by atomic mass is 10.1. The Kier molecular flexibility index (Phi) is 4.47. The van der Waals surface area contributed by atoms with Gasteiger partial charge in [-0.1, -0.05) is 18.5 Å². The lowest BCUT2D eigenvalue weighted by Crippen LogP contribution is -2.30. The van der Waals surface area contributed by atoms with Gasteiger partial charge in [-0.2, -0.15) is 0 Å². The van der Waals surface area contributed by atoms with Crippen molar-refractivity contribution >= 4 is 11.5 Å². The second-order valence-electron chi connectivity index (χ2n) is 5.51. The van der Waals surface area contributed by atoms with E-state index in [2.05, 4.69) is 22.0 Å². The van der Waals surface area contributed by atoms with E-state index in [4.69, 9.17) is 10.9 Å². The molecule has 0 amide bonds. The van der Waals surface area contributed by atoms with E-state index in [0.717, 1.165) is 42.0 Å². The summed E-state index contributed by atoms with van der Waals surface area (Å²) in [4.78, 5) is 6.85. The standard InChI is InChI=1S/C15H24N4O/c1-4-5-8-19(12-6-7-12)13-9-10(2)17-11(3)14(13)15(16)18-20/h9,12,20H,4-8H2,1-3H3,(H2,16,18). The minimum atomic E-state index is 0.146. The molecule has 0 bridgehead atoms. The van der Waals surface area contributed by atoms with Crippen LogP contribution in [0.3, 0.4) is 0 Å². The third kappa shape index (κ3) is 3.03. The van der Waals surface area contributed by atoms with Gasteiger partial charge in [0.25, 0.3) is 0 Å². The zero-order chi connectivity index (χ0) is 14.7. The molecular weight excluding hydrogens is 252 g/mol. The minimum absolute atomic E-state index is 0.146. The number of unbranched alkanes of at least 4 members (excludes halogenated alkanes) is 1. The smallest absolute Gasteiger partial charge is 0.174 e. The molecule has 0 unspecified atom stereocenters. The third-order valence-corrected chi connectivity index (χ3v) is 3.72. The highest BCUT2D eigenvalue weighted by Gasteiger charge is 2.31. The second-order valence-corrected chi connectivity index (χ2v) is 5.51. The zero-order valence-electron chi connectivity index (χ0n) is 12.6. The molecule has 3 N–H and O–H groups in total. The molecular formula is C15H24N4O. The highest BCUT2D eigenvalue weighted by atomic mass is 16.4. The van der Waals surface area contributed by atoms with E-state index in [1.165, 1.54) is 12.8 Å². The molecule has 0 aromatic carbocycles. The molecule has 0 atom stereocenters. The Labute approximate surface area is 120 Å². The van der Waals surface area contributed by atoms with Crippen molar-refractivity contribution in [2.24, 2.45) is 10.9 Å². The van der Waals surface area contributed by atoms with Crippen LogP contribution in [-0.4, -0.2) is 28.6 Å². The number of nitrogens with two attached hydrogens (primary N) is 1. The molecule has 1 aromatic rings. The van der Waals surface area contributed by atoms with Gasteiger partial charge in [-0.15, -0.1) is 0 Å². The molecule has 0 aliphatic heterocycles. The summed E-state index contributed by atoms with van der Waals surface area (Å²) in [5, 5.41) is 12.2. The maximum absolute atomic E-state index is 9.04. The Hall–Kier alpha value is -1.78. The molecule has 5 nitrogen and oxygen atoms in total. The van der Waals surface area contributed by atoms with Crippen LogP contribution in [0.4, 0.5) is 5.69 Å². The van der Waals surface area contributed by atoms with E-state index in [0.29, 0.717) is 6.04 Å². The van der Waals surface area contributed by atoms with Crippen molar-refractivity contribution in [1.82, 2.24) is 4.98 Å². The Balaban J connectivity index is 2.46. The number of amidine groups is 1. The SMILES string of the molecule is CCCCN(c1cc(C)nc(C)c1/C(N)=N/O)C1CC1. The molecule has 1 heterocycles. The molecule has 110 valence electrons. The van der Waals surface area contributed by atoms with Gasteiger partial charge in [0, 0.05) is 18.3 Å². The van der Waals surface area contributed by atoms with Crippen LogP contribution in [-0.2, 0) is 0 Å². The summed E-state index contributed by atoms with van der Waals surface area (Å²) in [5.74, 6) is 0.146. The van der Waals surface area contributed by atoms with Gasteiger partial charge in [0.2, 0.25) is 0 Å². The molecule has 1 saturated carbocycles. The molecule has 1 fully saturated rings. The predicted octanol–water partition coefficient (Wildman–Crippen LogP) is 2.56. The van der Waals surface area contributed by atoms with E-state index in [-0.39, 0.29) is 5.84 Å². The average molecular weight is 276 g/mol. The Morgan fingerprint density at radius 3 is 2.75 bits per heavy atom. The predicted molar refractivity (Wildman–Crippen MR) is 81.5 cm³/mol. The summed E-state index contributed by atoms with van der Waals surface area (Å²) in [6, 6.07) is 2.64. The number of pyridine rings is 1. The monoisotopic (exact) mass is 276 g/mol. The molecule has 20 heavy (non-hydrogen) atoms. The van der Waals surface area contributed by atoms with Gasteiger partial charge in [0.1, 0.15) is 0 Å². The number of hydrogen-bond acceptors (Lipinski definition) is 4. The van der Waals surface area contributed by atoms with Gasteiger partial charge >= 0.3 is 0 Å². The fraction of sp³-hybridized carbons (Fsp3) is 0.600. The average Bonchev–Trinajstić information content (AvgIpc) is 3.22. The highest BCUT2D eigenvalue weighted by Crippen LogP contribution is 2.35. The van der Waals surface area contributed by atoms with Crippen molar-refractivity contribution in [3.63, 3.8) is 0 Å². The topological polar surface area (TPSA) is 74.7 Å². The molecule has 1 aromatic heterocycles. The summed E-state index contributed by atoms with van der Waals surface area (Å²) < 4.78 is 0. The van der Waals surface area contributed by atoms with E-state index < -0.39 is 0 Å². The van der Waals surface area contributed by atoms with E-state index >= 15 is 0 Å². The maximum Gasteiger partial charge on any atom is 0.174 e. The number of hydrogen-bond donors (Lipinski definition) is 2. The van der Waals surface area contributed by atoms with E-state index in [1.54, 1.807) is 0 Å². The van der Waals surface area contributed by atoms with Crippen molar-refractivity contribution in [1.29, 1.82) is 0 Å². The van der Waals surface area contributed by atoms with Gasteiger partial charge in [0.05, 0.1) is 16.9 Å². The number of oxime groups is 1. The first-order valence-electron chi connectivity index (χ1n) is 7.31. The quantitative estimate of drug-likeness (QED) is 0.362. The highest BCUT2D eigenvalue weighted by molar-refractivity contribution is 6.03. The fourth-order valence-electron chi connectivity index (χ4n) is 2.62. The zero-order valence-corrected chi connectivity index (χ0v) is 12.6. The van der Waals surface area contributed by atoms with Gasteiger partial charge in [0.15, 0.2) is 5.84 Å². The van der Waals surface area contributed by atoms with Gasteiger partial charge in [-0.25, -0.2) is 0 Å². The maximum atomic E-state index is 9.04. The van der Waals surface area contributed by atoms with Crippen molar-refractivity contribution in [2.75, 3.05) is 11.4 Å². The third-order valence-electron chi connectivity index (χ3n) is 3.72. The first-order chi connectivity index (χ1) is 9.58. The summed E-state index contributed by atoms with van der Waals surface area (Å²) in [5.41, 5.74) is 9.47. The van der Waals surface area contributed by atoms with Crippen LogP contribution >= 0.6 is 0 Å². The second kappa shape index (κ2) is 6.11. The molecule has 2 rings (SSSR count). The van der Waals surface area contributed by atoms with Gasteiger partial charge in [-0.05, 0) is 39.2 Å². The van der Waals surface area contributed by atoms with Crippen LogP contribution in [0.5, 0.6) is 0 Å². The Morgan fingerprint density at radius 1 is 1.50 bits per heavy atom. The van der Waals surface area contributed by atoms with Crippen LogP contribution in [0.2, 0.25) is 0 Å². The summed E-state index contributed by atoms with van der Waals surface area (Å²) in [6.07, 6.45) is 4.75. The molecule has 1 aliphatic carbocycles. The fourth-order valence-corrected chi connectivity index (χ4v) is 2.62. The van der Waals surface area contributed by atoms with Gasteiger partial charge < -0.3 is 15.8 Å². The Bertz CT molecular complexity index is 509. The van der Waals surface area contributed by atoms with Crippen molar-refractivity contribution in [3.8, 4) is 0 Å². The lowest BCUT2D eigenvalue weighted by molar-refractivity contribution is 0.318. The van der Waals surface area contributed by atoms with Crippen LogP contribution in [0.1, 0.15) is 49.6 Å². The first kappa shape index (κ1) is 14.6. The number of aryl methyl sites for hydroxylation is 2. The summed E-state index contributed by atoms with van der Waals surface area (Å²) in [7, 11) is 0. The van der Waals surface area contributed by atoms with Gasteiger partial charge in [-0.3, -0.25) is 4.98 Å². The Morgan fingerprint density at radius 2 is 2.20 bits per heavy atom. The largest absolute Gasteiger partial charge is 0.409 e.